The summed E-state index contributed by atoms with van der Waals surface area (Å²) in [5.74, 6) is 3.23. The number of fused-ring (bicyclic) bond motifs is 1. The Morgan fingerprint density at radius 2 is 1.54 bits per heavy atom. The van der Waals surface area contributed by atoms with Crippen molar-refractivity contribution in [2.24, 2.45) is 0 Å². The minimum absolute atomic E-state index is 0.0391. The summed E-state index contributed by atoms with van der Waals surface area (Å²) in [5.41, 5.74) is 2.80. The van der Waals surface area contributed by atoms with Crippen LogP contribution < -0.4 is 23.8 Å². The highest BCUT2D eigenvalue weighted by atomic mass is 16.5. The molecule has 0 radical (unpaired) electrons. The van der Waals surface area contributed by atoms with Gasteiger partial charge in [-0.3, -0.25) is 4.79 Å². The van der Waals surface area contributed by atoms with Gasteiger partial charge >= 0.3 is 0 Å². The molecule has 8 nitrogen and oxygen atoms in total. The number of carbonyl (C=O) groups is 1. The average molecular weight is 478 g/mol. The molecule has 1 fully saturated rings. The summed E-state index contributed by atoms with van der Waals surface area (Å²) in [4.78, 5) is 21.8. The summed E-state index contributed by atoms with van der Waals surface area (Å²) in [7, 11) is 6.35. The topological polar surface area (TPSA) is 73.4 Å². The summed E-state index contributed by atoms with van der Waals surface area (Å²) in [5, 5.41) is 1.08. The fourth-order valence-corrected chi connectivity index (χ4v) is 4.33. The molecule has 0 bridgehead atoms. The SMILES string of the molecule is COc1cc(/C=C/C(=O)N2CCN(c3cc(C)c4cccc(OC)c4n3)CC2)cc(OC)c1OC. The molecular weight excluding hydrogens is 446 g/mol. The van der Waals surface area contributed by atoms with E-state index in [-0.39, 0.29) is 5.91 Å². The summed E-state index contributed by atoms with van der Waals surface area (Å²) >= 11 is 0. The summed E-state index contributed by atoms with van der Waals surface area (Å²) in [6.45, 7) is 4.72. The van der Waals surface area contributed by atoms with E-state index >= 15 is 0 Å². The first-order valence-corrected chi connectivity index (χ1v) is 11.4. The highest BCUT2D eigenvalue weighted by molar-refractivity contribution is 5.92. The maximum absolute atomic E-state index is 12.9. The van der Waals surface area contributed by atoms with Crippen LogP contribution in [0.2, 0.25) is 0 Å². The van der Waals surface area contributed by atoms with Gasteiger partial charge in [0.15, 0.2) is 11.5 Å². The average Bonchev–Trinajstić information content (AvgIpc) is 2.90. The molecule has 0 aliphatic carbocycles. The lowest BCUT2D eigenvalue weighted by Gasteiger charge is -2.35. The molecule has 3 aromatic rings. The van der Waals surface area contributed by atoms with Crippen molar-refractivity contribution in [2.75, 3.05) is 59.5 Å². The molecule has 2 aromatic carbocycles. The number of hydrogen-bond donors (Lipinski definition) is 0. The first kappa shape index (κ1) is 24.2. The second-order valence-electron chi connectivity index (χ2n) is 8.26. The molecule has 8 heteroatoms. The third kappa shape index (κ3) is 4.96. The Hall–Kier alpha value is -3.94. The molecule has 1 aliphatic rings. The van der Waals surface area contributed by atoms with Gasteiger partial charge in [0, 0.05) is 37.6 Å². The monoisotopic (exact) mass is 477 g/mol. The van der Waals surface area contributed by atoms with Gasteiger partial charge in [0.2, 0.25) is 11.7 Å². The zero-order valence-corrected chi connectivity index (χ0v) is 20.8. The number of rotatable bonds is 7. The Morgan fingerprint density at radius 1 is 0.886 bits per heavy atom. The minimum Gasteiger partial charge on any atom is -0.494 e. The van der Waals surface area contributed by atoms with Crippen LogP contribution in [-0.4, -0.2) is 70.4 Å². The number of benzene rings is 2. The van der Waals surface area contributed by atoms with Crippen molar-refractivity contribution in [2.45, 2.75) is 6.92 Å². The molecule has 4 rings (SSSR count). The van der Waals surface area contributed by atoms with Crippen LogP contribution >= 0.6 is 0 Å². The molecule has 0 atom stereocenters. The fourth-order valence-electron chi connectivity index (χ4n) is 4.33. The number of aryl methyl sites for hydroxylation is 1. The Bertz CT molecular complexity index is 1220. The van der Waals surface area contributed by atoms with Crippen LogP contribution in [0.25, 0.3) is 17.0 Å². The standard InChI is InChI=1S/C27H31N3O5/c1-18-15-24(28-26-20(18)7-6-8-21(26)32-2)29-11-13-30(14-12-29)25(31)10-9-19-16-22(33-3)27(35-5)23(17-19)34-4/h6-10,15-17H,11-14H2,1-5H3/b10-9+. The molecule has 1 aromatic heterocycles. The molecular formula is C27H31N3O5. The quantitative estimate of drug-likeness (QED) is 0.477. The van der Waals surface area contributed by atoms with Gasteiger partial charge in [-0.25, -0.2) is 4.98 Å². The first-order valence-electron chi connectivity index (χ1n) is 11.4. The van der Waals surface area contributed by atoms with Crippen LogP contribution in [0.3, 0.4) is 0 Å². The van der Waals surface area contributed by atoms with E-state index in [1.807, 2.05) is 29.2 Å². The maximum atomic E-state index is 12.9. The van der Waals surface area contributed by atoms with Gasteiger partial charge in [0.25, 0.3) is 0 Å². The van der Waals surface area contributed by atoms with Crippen molar-refractivity contribution in [1.82, 2.24) is 9.88 Å². The van der Waals surface area contributed by atoms with Gasteiger partial charge < -0.3 is 28.7 Å². The van der Waals surface area contributed by atoms with Crippen molar-refractivity contribution in [3.63, 3.8) is 0 Å². The molecule has 2 heterocycles. The van der Waals surface area contributed by atoms with Gasteiger partial charge in [0.05, 0.1) is 28.4 Å². The van der Waals surface area contributed by atoms with Gasteiger partial charge in [-0.15, -0.1) is 0 Å². The third-order valence-corrected chi connectivity index (χ3v) is 6.24. The number of methoxy groups -OCH3 is 4. The predicted octanol–water partition coefficient (Wildman–Crippen LogP) is 3.94. The Labute approximate surface area is 205 Å². The number of pyridine rings is 1. The van der Waals surface area contributed by atoms with Crippen molar-refractivity contribution in [1.29, 1.82) is 0 Å². The van der Waals surface area contributed by atoms with E-state index in [0.717, 1.165) is 33.6 Å². The van der Waals surface area contributed by atoms with Gasteiger partial charge in [-0.2, -0.15) is 0 Å². The van der Waals surface area contributed by atoms with Gasteiger partial charge in [-0.1, -0.05) is 12.1 Å². The van der Waals surface area contributed by atoms with E-state index in [2.05, 4.69) is 24.0 Å². The van der Waals surface area contributed by atoms with E-state index in [9.17, 15) is 4.79 Å². The molecule has 0 saturated carbocycles. The number of hydrogen-bond acceptors (Lipinski definition) is 7. The molecule has 1 saturated heterocycles. The number of ether oxygens (including phenoxy) is 4. The lowest BCUT2D eigenvalue weighted by Crippen LogP contribution is -2.48. The van der Waals surface area contributed by atoms with Gasteiger partial charge in [0.1, 0.15) is 17.1 Å². The zero-order valence-electron chi connectivity index (χ0n) is 20.8. The van der Waals surface area contributed by atoms with E-state index in [1.165, 1.54) is 0 Å². The Balaban J connectivity index is 1.45. The molecule has 0 N–H and O–H groups in total. The van der Waals surface area contributed by atoms with Crippen LogP contribution in [0, 0.1) is 6.92 Å². The second kappa shape index (κ2) is 10.5. The van der Waals surface area contributed by atoms with Gasteiger partial charge in [-0.05, 0) is 48.4 Å². The van der Waals surface area contributed by atoms with E-state index < -0.39 is 0 Å². The van der Waals surface area contributed by atoms with Crippen molar-refractivity contribution in [3.05, 3.63) is 53.6 Å². The number of piperazine rings is 1. The molecule has 184 valence electrons. The maximum Gasteiger partial charge on any atom is 0.246 e. The Morgan fingerprint density at radius 3 is 2.14 bits per heavy atom. The third-order valence-electron chi connectivity index (χ3n) is 6.24. The van der Waals surface area contributed by atoms with Crippen molar-refractivity contribution < 1.29 is 23.7 Å². The molecule has 1 amide bonds. The van der Waals surface area contributed by atoms with Crippen LogP contribution in [0.5, 0.6) is 23.0 Å². The number of amides is 1. The highest BCUT2D eigenvalue weighted by Crippen LogP contribution is 2.38. The normalized spacial score (nSPS) is 13.9. The number of carbonyl (C=O) groups excluding carboxylic acids is 1. The number of aromatic nitrogens is 1. The fraction of sp³-hybridized carbons (Fsp3) is 0.333. The lowest BCUT2D eigenvalue weighted by molar-refractivity contribution is -0.126. The number of para-hydroxylation sites is 1. The largest absolute Gasteiger partial charge is 0.494 e. The molecule has 1 aliphatic heterocycles. The second-order valence-corrected chi connectivity index (χ2v) is 8.26. The smallest absolute Gasteiger partial charge is 0.246 e. The van der Waals surface area contributed by atoms with Crippen molar-refractivity contribution >= 4 is 28.7 Å². The first-order chi connectivity index (χ1) is 17.0. The molecule has 0 spiro atoms. The van der Waals surface area contributed by atoms with E-state index in [4.69, 9.17) is 23.9 Å². The van der Waals surface area contributed by atoms with Crippen LogP contribution in [0.4, 0.5) is 5.82 Å². The van der Waals surface area contributed by atoms with E-state index in [1.54, 1.807) is 40.6 Å². The zero-order chi connectivity index (χ0) is 24.9. The molecule has 0 unspecified atom stereocenters. The van der Waals surface area contributed by atoms with Crippen LogP contribution in [0.1, 0.15) is 11.1 Å². The predicted molar refractivity (Wildman–Crippen MR) is 137 cm³/mol. The minimum atomic E-state index is -0.0391. The van der Waals surface area contributed by atoms with Crippen LogP contribution in [-0.2, 0) is 4.79 Å². The van der Waals surface area contributed by atoms with Crippen molar-refractivity contribution in [3.8, 4) is 23.0 Å². The lowest BCUT2D eigenvalue weighted by atomic mass is 10.1. The number of anilines is 1. The summed E-state index contributed by atoms with van der Waals surface area (Å²) in [6.07, 6.45) is 3.35. The van der Waals surface area contributed by atoms with Crippen LogP contribution in [0.15, 0.2) is 42.5 Å². The molecule has 35 heavy (non-hydrogen) atoms. The Kier molecular flexibility index (Phi) is 7.29. The summed E-state index contributed by atoms with van der Waals surface area (Å²) in [6, 6.07) is 11.7. The number of nitrogens with zero attached hydrogens (tertiary/aromatic N) is 3. The van der Waals surface area contributed by atoms with E-state index in [0.29, 0.717) is 43.4 Å². The highest BCUT2D eigenvalue weighted by Gasteiger charge is 2.22. The summed E-state index contributed by atoms with van der Waals surface area (Å²) < 4.78 is 21.7.